The molecule has 0 spiro atoms. The van der Waals surface area contributed by atoms with Gasteiger partial charge in [-0.3, -0.25) is 0 Å². The fraction of sp³-hybridized carbons (Fsp3) is 0.889. The van der Waals surface area contributed by atoms with Crippen LogP contribution in [0.25, 0.3) is 0 Å². The van der Waals surface area contributed by atoms with Crippen LogP contribution in [0.5, 0.6) is 0 Å². The Morgan fingerprint density at radius 2 is 2.38 bits per heavy atom. The molecule has 1 rings (SSSR count). The van der Waals surface area contributed by atoms with Gasteiger partial charge >= 0.3 is 6.09 Å². The maximum atomic E-state index is 11.2. The van der Waals surface area contributed by atoms with Crippen LogP contribution in [0.3, 0.4) is 0 Å². The summed E-state index contributed by atoms with van der Waals surface area (Å²) in [6, 6.07) is 0. The summed E-state index contributed by atoms with van der Waals surface area (Å²) in [7, 11) is 1.38. The Kier molecular flexibility index (Phi) is 3.54. The fourth-order valence-electron chi connectivity index (χ4n) is 1.70. The minimum absolute atomic E-state index is 0.202. The van der Waals surface area contributed by atoms with E-state index in [0.717, 1.165) is 19.4 Å². The first-order valence-corrected chi connectivity index (χ1v) is 4.66. The largest absolute Gasteiger partial charge is 0.453 e. The molecule has 0 aromatic heterocycles. The molecule has 0 aromatic carbocycles. The zero-order valence-electron chi connectivity index (χ0n) is 8.19. The Hall–Kier alpha value is -0.770. The van der Waals surface area contributed by atoms with Gasteiger partial charge in [0.05, 0.1) is 13.2 Å². The van der Waals surface area contributed by atoms with Crippen molar-refractivity contribution in [1.29, 1.82) is 0 Å². The third-order valence-corrected chi connectivity index (χ3v) is 2.57. The number of carbonyl (C=O) groups is 1. The Bertz CT molecular complexity index is 182. The first-order chi connectivity index (χ1) is 6.15. The molecule has 2 unspecified atom stereocenters. The number of carbonyl (C=O) groups excluding carboxylic acids is 1. The van der Waals surface area contributed by atoms with Crippen LogP contribution in [-0.4, -0.2) is 42.4 Å². The molecular formula is C9H17NO3. The minimum atomic E-state index is -0.340. The Balaban J connectivity index is 2.46. The van der Waals surface area contributed by atoms with Crippen LogP contribution >= 0.6 is 0 Å². The summed E-state index contributed by atoms with van der Waals surface area (Å²) < 4.78 is 4.62. The molecule has 4 heteroatoms. The SMILES string of the molecule is COC(=O)N1CCCC(C(C)O)C1. The minimum Gasteiger partial charge on any atom is -0.453 e. The van der Waals surface area contributed by atoms with Gasteiger partial charge in [-0.25, -0.2) is 4.79 Å². The summed E-state index contributed by atoms with van der Waals surface area (Å²) in [5.41, 5.74) is 0. The van der Waals surface area contributed by atoms with E-state index in [0.29, 0.717) is 6.54 Å². The second-order valence-electron chi connectivity index (χ2n) is 3.56. The lowest BCUT2D eigenvalue weighted by atomic mass is 9.94. The number of rotatable bonds is 1. The second-order valence-corrected chi connectivity index (χ2v) is 3.56. The van der Waals surface area contributed by atoms with E-state index in [1.165, 1.54) is 7.11 Å². The third-order valence-electron chi connectivity index (χ3n) is 2.57. The predicted molar refractivity (Wildman–Crippen MR) is 48.4 cm³/mol. The van der Waals surface area contributed by atoms with Crippen LogP contribution in [0.1, 0.15) is 19.8 Å². The summed E-state index contributed by atoms with van der Waals surface area (Å²) in [6.45, 7) is 3.13. The lowest BCUT2D eigenvalue weighted by Crippen LogP contribution is -2.42. The van der Waals surface area contributed by atoms with E-state index in [1.54, 1.807) is 11.8 Å². The van der Waals surface area contributed by atoms with E-state index in [2.05, 4.69) is 4.74 Å². The van der Waals surface area contributed by atoms with Gasteiger partial charge in [-0.05, 0) is 19.8 Å². The van der Waals surface area contributed by atoms with Crippen molar-refractivity contribution in [3.8, 4) is 0 Å². The fourth-order valence-corrected chi connectivity index (χ4v) is 1.70. The van der Waals surface area contributed by atoms with E-state index in [1.807, 2.05) is 0 Å². The Morgan fingerprint density at radius 3 is 2.92 bits per heavy atom. The topological polar surface area (TPSA) is 49.8 Å². The number of hydrogen-bond acceptors (Lipinski definition) is 3. The van der Waals surface area contributed by atoms with Gasteiger partial charge in [-0.2, -0.15) is 0 Å². The van der Waals surface area contributed by atoms with Crippen molar-refractivity contribution in [2.45, 2.75) is 25.9 Å². The van der Waals surface area contributed by atoms with Gasteiger partial charge in [-0.1, -0.05) is 0 Å². The number of amides is 1. The summed E-state index contributed by atoms with van der Waals surface area (Å²) in [5, 5.41) is 9.37. The van der Waals surface area contributed by atoms with E-state index in [9.17, 15) is 9.90 Å². The molecule has 13 heavy (non-hydrogen) atoms. The lowest BCUT2D eigenvalue weighted by molar-refractivity contribution is 0.0548. The van der Waals surface area contributed by atoms with Crippen molar-refractivity contribution in [3.05, 3.63) is 0 Å². The highest BCUT2D eigenvalue weighted by Gasteiger charge is 2.26. The molecule has 1 aliphatic rings. The summed E-state index contributed by atoms with van der Waals surface area (Å²) in [4.78, 5) is 12.8. The quantitative estimate of drug-likeness (QED) is 0.662. The molecule has 2 atom stereocenters. The van der Waals surface area contributed by atoms with Crippen LogP contribution < -0.4 is 0 Å². The summed E-state index contributed by atoms with van der Waals surface area (Å²) in [5.74, 6) is 0.202. The van der Waals surface area contributed by atoms with Crippen molar-refractivity contribution >= 4 is 6.09 Å². The van der Waals surface area contributed by atoms with Crippen LogP contribution in [-0.2, 0) is 4.74 Å². The van der Waals surface area contributed by atoms with Gasteiger partial charge in [-0.15, -0.1) is 0 Å². The first kappa shape index (κ1) is 10.3. The molecule has 1 heterocycles. The van der Waals surface area contributed by atoms with Crippen molar-refractivity contribution in [2.75, 3.05) is 20.2 Å². The molecular weight excluding hydrogens is 170 g/mol. The molecule has 1 fully saturated rings. The van der Waals surface area contributed by atoms with Crippen LogP contribution in [0.15, 0.2) is 0 Å². The summed E-state index contributed by atoms with van der Waals surface area (Å²) >= 11 is 0. The number of likely N-dealkylation sites (tertiary alicyclic amines) is 1. The third kappa shape index (κ3) is 2.59. The second kappa shape index (κ2) is 4.46. The number of ether oxygens (including phenoxy) is 1. The molecule has 0 bridgehead atoms. The van der Waals surface area contributed by atoms with E-state index >= 15 is 0 Å². The molecule has 0 radical (unpaired) electrons. The monoisotopic (exact) mass is 187 g/mol. The van der Waals surface area contributed by atoms with Gasteiger partial charge in [0.15, 0.2) is 0 Å². The molecule has 76 valence electrons. The van der Waals surface area contributed by atoms with Crippen molar-refractivity contribution < 1.29 is 14.6 Å². The zero-order chi connectivity index (χ0) is 9.84. The summed E-state index contributed by atoms with van der Waals surface area (Å²) in [6.07, 6.45) is 1.31. The average molecular weight is 187 g/mol. The van der Waals surface area contributed by atoms with E-state index < -0.39 is 0 Å². The molecule has 0 aromatic rings. The first-order valence-electron chi connectivity index (χ1n) is 4.66. The van der Waals surface area contributed by atoms with Gasteiger partial charge < -0.3 is 14.7 Å². The molecule has 1 N–H and O–H groups in total. The highest BCUT2D eigenvalue weighted by molar-refractivity contribution is 5.67. The Labute approximate surface area is 78.5 Å². The maximum absolute atomic E-state index is 11.2. The smallest absolute Gasteiger partial charge is 0.409 e. The molecule has 4 nitrogen and oxygen atoms in total. The predicted octanol–water partition coefficient (Wildman–Crippen LogP) is 0.846. The highest BCUT2D eigenvalue weighted by Crippen LogP contribution is 2.19. The van der Waals surface area contributed by atoms with Crippen molar-refractivity contribution in [3.63, 3.8) is 0 Å². The molecule has 0 aliphatic carbocycles. The van der Waals surface area contributed by atoms with Crippen LogP contribution in [0, 0.1) is 5.92 Å². The number of aliphatic hydroxyl groups is 1. The lowest BCUT2D eigenvalue weighted by Gasteiger charge is -2.32. The Morgan fingerprint density at radius 1 is 1.69 bits per heavy atom. The number of piperidine rings is 1. The van der Waals surface area contributed by atoms with Crippen LogP contribution in [0.2, 0.25) is 0 Å². The van der Waals surface area contributed by atoms with Gasteiger partial charge in [0.25, 0.3) is 0 Å². The number of hydrogen-bond donors (Lipinski definition) is 1. The molecule has 0 saturated carbocycles. The van der Waals surface area contributed by atoms with Crippen LogP contribution in [0.4, 0.5) is 4.79 Å². The van der Waals surface area contributed by atoms with E-state index in [-0.39, 0.29) is 18.1 Å². The van der Waals surface area contributed by atoms with Gasteiger partial charge in [0.2, 0.25) is 0 Å². The maximum Gasteiger partial charge on any atom is 0.409 e. The van der Waals surface area contributed by atoms with E-state index in [4.69, 9.17) is 0 Å². The van der Waals surface area contributed by atoms with Crippen molar-refractivity contribution in [2.24, 2.45) is 5.92 Å². The number of aliphatic hydroxyl groups excluding tert-OH is 1. The number of methoxy groups -OCH3 is 1. The van der Waals surface area contributed by atoms with Gasteiger partial charge in [0.1, 0.15) is 0 Å². The number of nitrogens with zero attached hydrogens (tertiary/aromatic N) is 1. The van der Waals surface area contributed by atoms with Gasteiger partial charge in [0, 0.05) is 19.0 Å². The molecule has 1 amide bonds. The molecule has 1 saturated heterocycles. The van der Waals surface area contributed by atoms with Crippen molar-refractivity contribution in [1.82, 2.24) is 4.90 Å². The average Bonchev–Trinajstić information content (AvgIpc) is 2.17. The molecule has 1 aliphatic heterocycles. The normalized spacial score (nSPS) is 25.5. The zero-order valence-corrected chi connectivity index (χ0v) is 8.19. The highest BCUT2D eigenvalue weighted by atomic mass is 16.5. The standard InChI is InChI=1S/C9H17NO3/c1-7(11)8-4-3-5-10(6-8)9(12)13-2/h7-8,11H,3-6H2,1-2H3.